The number of hydrogen-bond donors (Lipinski definition) is 1. The highest BCUT2D eigenvalue weighted by atomic mass is 19.4. The van der Waals surface area contributed by atoms with Crippen LogP contribution in [-0.4, -0.2) is 32.0 Å². The predicted octanol–water partition coefficient (Wildman–Crippen LogP) is 2.87. The van der Waals surface area contributed by atoms with Crippen molar-refractivity contribution in [1.29, 1.82) is 0 Å². The molecule has 2 aromatic rings. The molecule has 0 spiro atoms. The van der Waals surface area contributed by atoms with E-state index in [9.17, 15) is 18.0 Å². The summed E-state index contributed by atoms with van der Waals surface area (Å²) in [7, 11) is 0. The van der Waals surface area contributed by atoms with Crippen molar-refractivity contribution >= 4 is 5.91 Å². The molecule has 1 atom stereocenters. The zero-order valence-electron chi connectivity index (χ0n) is 15.4. The molecule has 6 nitrogen and oxygen atoms in total. The standard InChI is InChI=1S/C17H24F3N5O/c1-11(10-25-14(4)9-15(23-25)17(18,19)20)16(26)21-6-5-7-24-13(3)8-12(2)22-24/h8-9,11H,5-7,10H2,1-4H3,(H,21,26). The molecule has 9 heteroatoms. The number of aromatic nitrogens is 4. The first-order chi connectivity index (χ1) is 12.1. The lowest BCUT2D eigenvalue weighted by molar-refractivity contribution is -0.141. The summed E-state index contributed by atoms with van der Waals surface area (Å²) in [5.41, 5.74) is 1.46. The van der Waals surface area contributed by atoms with E-state index in [4.69, 9.17) is 0 Å². The van der Waals surface area contributed by atoms with Crippen LogP contribution in [0, 0.1) is 26.7 Å². The van der Waals surface area contributed by atoms with Gasteiger partial charge in [0.1, 0.15) is 0 Å². The zero-order chi connectivity index (χ0) is 19.5. The topological polar surface area (TPSA) is 64.7 Å². The number of rotatable bonds is 7. The second-order valence-corrected chi connectivity index (χ2v) is 6.55. The van der Waals surface area contributed by atoms with E-state index in [2.05, 4.69) is 15.5 Å². The molecule has 0 bridgehead atoms. The van der Waals surface area contributed by atoms with Gasteiger partial charge in [-0.15, -0.1) is 0 Å². The second-order valence-electron chi connectivity index (χ2n) is 6.55. The number of nitrogens with one attached hydrogen (secondary N) is 1. The molecular weight excluding hydrogens is 347 g/mol. The van der Waals surface area contributed by atoms with Crippen LogP contribution in [0.4, 0.5) is 13.2 Å². The number of amides is 1. The highest BCUT2D eigenvalue weighted by Crippen LogP contribution is 2.28. The molecule has 0 fully saturated rings. The minimum Gasteiger partial charge on any atom is -0.356 e. The third-order valence-corrected chi connectivity index (χ3v) is 4.12. The molecule has 26 heavy (non-hydrogen) atoms. The number of carbonyl (C=O) groups excluding carboxylic acids is 1. The number of halogens is 3. The first-order valence-electron chi connectivity index (χ1n) is 8.48. The van der Waals surface area contributed by atoms with E-state index in [1.165, 1.54) is 4.68 Å². The Morgan fingerprint density at radius 2 is 1.81 bits per heavy atom. The average molecular weight is 371 g/mol. The lowest BCUT2D eigenvalue weighted by Crippen LogP contribution is -2.33. The van der Waals surface area contributed by atoms with Crippen LogP contribution in [0.2, 0.25) is 0 Å². The molecular formula is C17H24F3N5O. The summed E-state index contributed by atoms with van der Waals surface area (Å²) in [5.74, 6) is -0.690. The van der Waals surface area contributed by atoms with Crippen LogP contribution < -0.4 is 5.32 Å². The molecule has 2 rings (SSSR count). The Morgan fingerprint density at radius 1 is 1.15 bits per heavy atom. The SMILES string of the molecule is Cc1cc(C)n(CCCNC(=O)C(C)Cn2nc(C(F)(F)F)cc2C)n1. The molecule has 0 saturated carbocycles. The number of hydrogen-bond acceptors (Lipinski definition) is 3. The predicted molar refractivity (Wildman–Crippen MR) is 90.5 cm³/mol. The number of alkyl halides is 3. The van der Waals surface area contributed by atoms with Crippen LogP contribution in [-0.2, 0) is 24.1 Å². The summed E-state index contributed by atoms with van der Waals surface area (Å²) in [6, 6.07) is 2.97. The molecule has 2 heterocycles. The van der Waals surface area contributed by atoms with Crippen molar-refractivity contribution in [3.63, 3.8) is 0 Å². The Morgan fingerprint density at radius 3 is 2.35 bits per heavy atom. The first kappa shape index (κ1) is 20.0. The Balaban J connectivity index is 1.80. The number of aryl methyl sites for hydroxylation is 4. The Labute approximate surface area is 150 Å². The zero-order valence-corrected chi connectivity index (χ0v) is 15.4. The van der Waals surface area contributed by atoms with Gasteiger partial charge >= 0.3 is 6.18 Å². The van der Waals surface area contributed by atoms with E-state index in [1.54, 1.807) is 13.8 Å². The van der Waals surface area contributed by atoms with E-state index in [-0.39, 0.29) is 12.5 Å². The smallest absolute Gasteiger partial charge is 0.356 e. The lowest BCUT2D eigenvalue weighted by Gasteiger charge is -2.13. The van der Waals surface area contributed by atoms with E-state index >= 15 is 0 Å². The molecule has 0 saturated heterocycles. The second kappa shape index (κ2) is 7.92. The van der Waals surface area contributed by atoms with Gasteiger partial charge < -0.3 is 5.32 Å². The van der Waals surface area contributed by atoms with E-state index in [0.29, 0.717) is 18.8 Å². The van der Waals surface area contributed by atoms with Gasteiger partial charge in [0, 0.05) is 24.5 Å². The van der Waals surface area contributed by atoms with Gasteiger partial charge in [-0.2, -0.15) is 23.4 Å². The normalized spacial score (nSPS) is 13.0. The molecule has 2 aromatic heterocycles. The summed E-state index contributed by atoms with van der Waals surface area (Å²) in [6.45, 7) is 8.39. The van der Waals surface area contributed by atoms with Gasteiger partial charge in [0.2, 0.25) is 5.91 Å². The summed E-state index contributed by atoms with van der Waals surface area (Å²) in [6.07, 6.45) is -3.76. The van der Waals surface area contributed by atoms with E-state index < -0.39 is 17.8 Å². The highest BCUT2D eigenvalue weighted by molar-refractivity contribution is 5.78. The van der Waals surface area contributed by atoms with Crippen molar-refractivity contribution in [3.8, 4) is 0 Å². The van der Waals surface area contributed by atoms with Gasteiger partial charge in [0.15, 0.2) is 5.69 Å². The van der Waals surface area contributed by atoms with Crippen LogP contribution in [0.25, 0.3) is 0 Å². The first-order valence-corrected chi connectivity index (χ1v) is 8.48. The molecule has 1 N–H and O–H groups in total. The third kappa shape index (κ3) is 5.09. The van der Waals surface area contributed by atoms with Crippen molar-refractivity contribution in [2.45, 2.75) is 53.4 Å². The van der Waals surface area contributed by atoms with E-state index in [0.717, 1.165) is 23.9 Å². The van der Waals surface area contributed by atoms with Gasteiger partial charge in [0.25, 0.3) is 0 Å². The molecule has 0 aromatic carbocycles. The Hall–Kier alpha value is -2.32. The average Bonchev–Trinajstić information content (AvgIpc) is 3.05. The summed E-state index contributed by atoms with van der Waals surface area (Å²) in [5, 5.41) is 10.7. The Bertz CT molecular complexity index is 763. The minimum atomic E-state index is -4.48. The van der Waals surface area contributed by atoms with Crippen molar-refractivity contribution in [3.05, 3.63) is 34.9 Å². The molecule has 144 valence electrons. The fourth-order valence-corrected chi connectivity index (χ4v) is 2.69. The fraction of sp³-hybridized carbons (Fsp3) is 0.588. The van der Waals surface area contributed by atoms with Crippen molar-refractivity contribution in [1.82, 2.24) is 24.9 Å². The minimum absolute atomic E-state index is 0.102. The molecule has 0 aliphatic rings. The van der Waals surface area contributed by atoms with Crippen LogP contribution in [0.3, 0.4) is 0 Å². The van der Waals surface area contributed by atoms with Gasteiger partial charge in [-0.25, -0.2) is 0 Å². The maximum absolute atomic E-state index is 12.7. The van der Waals surface area contributed by atoms with Gasteiger partial charge in [-0.3, -0.25) is 14.2 Å². The van der Waals surface area contributed by atoms with Crippen LogP contribution in [0.5, 0.6) is 0 Å². The molecule has 1 amide bonds. The lowest BCUT2D eigenvalue weighted by atomic mass is 10.1. The van der Waals surface area contributed by atoms with E-state index in [1.807, 2.05) is 24.6 Å². The van der Waals surface area contributed by atoms with Crippen LogP contribution in [0.1, 0.15) is 36.1 Å². The third-order valence-electron chi connectivity index (χ3n) is 4.12. The van der Waals surface area contributed by atoms with Gasteiger partial charge in [-0.1, -0.05) is 6.92 Å². The molecule has 1 unspecified atom stereocenters. The largest absolute Gasteiger partial charge is 0.435 e. The highest BCUT2D eigenvalue weighted by Gasteiger charge is 2.34. The fourth-order valence-electron chi connectivity index (χ4n) is 2.69. The monoisotopic (exact) mass is 371 g/mol. The van der Waals surface area contributed by atoms with Crippen molar-refractivity contribution < 1.29 is 18.0 Å². The molecule has 0 radical (unpaired) electrons. The van der Waals surface area contributed by atoms with Gasteiger partial charge in [0.05, 0.1) is 18.2 Å². The van der Waals surface area contributed by atoms with Crippen LogP contribution >= 0.6 is 0 Å². The summed E-state index contributed by atoms with van der Waals surface area (Å²) >= 11 is 0. The number of nitrogens with zero attached hydrogens (tertiary/aromatic N) is 4. The van der Waals surface area contributed by atoms with Gasteiger partial charge in [-0.05, 0) is 39.3 Å². The summed E-state index contributed by atoms with van der Waals surface area (Å²) in [4.78, 5) is 12.1. The maximum atomic E-state index is 12.7. The summed E-state index contributed by atoms with van der Waals surface area (Å²) < 4.78 is 41.2. The number of carbonyl (C=O) groups is 1. The van der Waals surface area contributed by atoms with Crippen LogP contribution in [0.15, 0.2) is 12.1 Å². The van der Waals surface area contributed by atoms with Crippen molar-refractivity contribution in [2.75, 3.05) is 6.54 Å². The quantitative estimate of drug-likeness (QED) is 0.761. The molecule has 0 aliphatic heterocycles. The maximum Gasteiger partial charge on any atom is 0.435 e. The van der Waals surface area contributed by atoms with Crippen molar-refractivity contribution in [2.24, 2.45) is 5.92 Å². The Kier molecular flexibility index (Phi) is 6.09. The molecule has 0 aliphatic carbocycles.